The van der Waals surface area contributed by atoms with Crippen LogP contribution in [0.15, 0.2) is 0 Å². The van der Waals surface area contributed by atoms with Crippen molar-refractivity contribution >= 4 is 0 Å². The highest BCUT2D eigenvalue weighted by molar-refractivity contribution is 4.88. The first kappa shape index (κ1) is 18.5. The molecule has 6 atom stereocenters. The Morgan fingerprint density at radius 1 is 1.05 bits per heavy atom. The molecular weight excluding hydrogens is 258 g/mol. The van der Waals surface area contributed by atoms with E-state index in [0.29, 0.717) is 5.92 Å². The predicted molar refractivity (Wildman–Crippen MR) is 88.7 cm³/mol. The third kappa shape index (κ3) is 5.62. The van der Waals surface area contributed by atoms with Gasteiger partial charge in [-0.25, -0.2) is 0 Å². The molecule has 1 fully saturated rings. The molecule has 0 aromatic heterocycles. The summed E-state index contributed by atoms with van der Waals surface area (Å²) in [7, 11) is 0. The lowest BCUT2D eigenvalue weighted by molar-refractivity contribution is 0.110. The van der Waals surface area contributed by atoms with Gasteiger partial charge in [0.05, 0.1) is 18.1 Å². The molecule has 2 heteroatoms. The van der Waals surface area contributed by atoms with Gasteiger partial charge in [-0.1, -0.05) is 40.5 Å². The number of nitriles is 1. The zero-order valence-electron chi connectivity index (χ0n) is 14.5. The Kier molecular flexibility index (Phi) is 8.34. The highest BCUT2D eigenvalue weighted by atomic mass is 16.3. The van der Waals surface area contributed by atoms with Gasteiger partial charge in [0.1, 0.15) is 0 Å². The number of aliphatic hydroxyl groups excluding tert-OH is 1. The smallest absolute Gasteiger partial charge is 0.0720 e. The Morgan fingerprint density at radius 3 is 2.10 bits per heavy atom. The van der Waals surface area contributed by atoms with Crippen LogP contribution < -0.4 is 0 Å². The van der Waals surface area contributed by atoms with E-state index in [4.69, 9.17) is 5.26 Å². The van der Waals surface area contributed by atoms with E-state index in [1.54, 1.807) is 0 Å². The summed E-state index contributed by atoms with van der Waals surface area (Å²) in [6.45, 7) is 9.03. The molecule has 1 rings (SSSR count). The summed E-state index contributed by atoms with van der Waals surface area (Å²) < 4.78 is 0. The SMILES string of the molecule is CCCC(C)[C@@H]1CC[C@H]([C@H](C)CC[C@@H](O)[C@H](C#N)CC)C1. The Morgan fingerprint density at radius 2 is 1.62 bits per heavy atom. The normalized spacial score (nSPS) is 27.8. The molecule has 0 radical (unpaired) electrons. The fraction of sp³-hybridized carbons (Fsp3) is 0.947. The molecule has 0 bridgehead atoms. The number of hydrogen-bond acceptors (Lipinski definition) is 2. The fourth-order valence-corrected chi connectivity index (χ4v) is 4.10. The Labute approximate surface area is 131 Å². The topological polar surface area (TPSA) is 44.0 Å². The van der Waals surface area contributed by atoms with Gasteiger partial charge in [-0.2, -0.15) is 5.26 Å². The van der Waals surface area contributed by atoms with Gasteiger partial charge in [-0.15, -0.1) is 0 Å². The van der Waals surface area contributed by atoms with Crippen molar-refractivity contribution in [2.75, 3.05) is 0 Å². The fourth-order valence-electron chi connectivity index (χ4n) is 4.10. The Balaban J connectivity index is 2.34. The standard InChI is InChI=1S/C19H35NO/c1-5-7-14(3)17-9-10-18(12-17)15(4)8-11-19(21)16(6-2)13-20/h14-19,21H,5-12H2,1-4H3/t14?,15-,16+,17-,18+,19-/m1/s1. The van der Waals surface area contributed by atoms with Crippen LogP contribution in [0.4, 0.5) is 0 Å². The number of hydrogen-bond donors (Lipinski definition) is 1. The van der Waals surface area contributed by atoms with Crippen molar-refractivity contribution in [1.29, 1.82) is 5.26 Å². The van der Waals surface area contributed by atoms with Crippen LogP contribution in [0.5, 0.6) is 0 Å². The minimum atomic E-state index is -0.432. The van der Waals surface area contributed by atoms with Crippen molar-refractivity contribution in [2.45, 2.75) is 85.2 Å². The van der Waals surface area contributed by atoms with Crippen molar-refractivity contribution in [3.8, 4) is 6.07 Å². The second-order valence-electron chi connectivity index (χ2n) is 7.36. The van der Waals surface area contributed by atoms with Crippen LogP contribution in [-0.2, 0) is 0 Å². The molecule has 1 aliphatic carbocycles. The average molecular weight is 293 g/mol. The van der Waals surface area contributed by atoms with Crippen LogP contribution in [0.1, 0.15) is 79.1 Å². The molecule has 0 saturated heterocycles. The lowest BCUT2D eigenvalue weighted by Crippen LogP contribution is -2.20. The van der Waals surface area contributed by atoms with E-state index in [0.717, 1.165) is 37.0 Å². The lowest BCUT2D eigenvalue weighted by Gasteiger charge is -2.23. The summed E-state index contributed by atoms with van der Waals surface area (Å²) in [6.07, 6.45) is 9.00. The van der Waals surface area contributed by atoms with Crippen molar-refractivity contribution in [1.82, 2.24) is 0 Å². The summed E-state index contributed by atoms with van der Waals surface area (Å²) in [5.41, 5.74) is 0. The first-order chi connectivity index (χ1) is 10.0. The summed E-state index contributed by atoms with van der Waals surface area (Å²) in [5, 5.41) is 19.1. The minimum Gasteiger partial charge on any atom is -0.392 e. The molecule has 0 aromatic rings. The van der Waals surface area contributed by atoms with Crippen molar-refractivity contribution in [3.63, 3.8) is 0 Å². The number of aliphatic hydroxyl groups is 1. The van der Waals surface area contributed by atoms with Crippen molar-refractivity contribution in [2.24, 2.45) is 29.6 Å². The zero-order valence-corrected chi connectivity index (χ0v) is 14.5. The van der Waals surface area contributed by atoms with Crippen LogP contribution in [0, 0.1) is 40.9 Å². The number of rotatable bonds is 9. The van der Waals surface area contributed by atoms with Crippen LogP contribution in [0.2, 0.25) is 0 Å². The van der Waals surface area contributed by atoms with Gasteiger partial charge >= 0.3 is 0 Å². The van der Waals surface area contributed by atoms with Gasteiger partial charge in [0.15, 0.2) is 0 Å². The molecule has 21 heavy (non-hydrogen) atoms. The lowest BCUT2D eigenvalue weighted by atomic mass is 9.83. The van der Waals surface area contributed by atoms with E-state index in [9.17, 15) is 5.11 Å². The third-order valence-electron chi connectivity index (χ3n) is 5.86. The third-order valence-corrected chi connectivity index (χ3v) is 5.86. The molecule has 0 spiro atoms. The summed E-state index contributed by atoms with van der Waals surface area (Å²) >= 11 is 0. The summed E-state index contributed by atoms with van der Waals surface area (Å²) in [4.78, 5) is 0. The highest BCUT2D eigenvalue weighted by Crippen LogP contribution is 2.42. The average Bonchev–Trinajstić information content (AvgIpc) is 2.96. The van der Waals surface area contributed by atoms with Crippen LogP contribution in [0.25, 0.3) is 0 Å². The van der Waals surface area contributed by atoms with Gasteiger partial charge in [-0.05, 0) is 62.2 Å². The van der Waals surface area contributed by atoms with Gasteiger partial charge in [0.2, 0.25) is 0 Å². The zero-order chi connectivity index (χ0) is 15.8. The first-order valence-electron chi connectivity index (χ1n) is 9.11. The second-order valence-corrected chi connectivity index (χ2v) is 7.36. The molecule has 0 aromatic carbocycles. The Hall–Kier alpha value is -0.550. The maximum absolute atomic E-state index is 10.1. The van der Waals surface area contributed by atoms with Crippen LogP contribution in [-0.4, -0.2) is 11.2 Å². The quantitative estimate of drug-likeness (QED) is 0.637. The monoisotopic (exact) mass is 293 g/mol. The second kappa shape index (κ2) is 9.46. The molecule has 0 heterocycles. The van der Waals surface area contributed by atoms with Gasteiger partial charge in [0.25, 0.3) is 0 Å². The molecule has 1 saturated carbocycles. The molecular formula is C19H35NO. The molecule has 1 N–H and O–H groups in total. The van der Waals surface area contributed by atoms with E-state index in [2.05, 4.69) is 26.8 Å². The molecule has 0 amide bonds. The maximum atomic E-state index is 10.1. The van der Waals surface area contributed by atoms with Crippen molar-refractivity contribution in [3.05, 3.63) is 0 Å². The van der Waals surface area contributed by atoms with E-state index in [-0.39, 0.29) is 5.92 Å². The van der Waals surface area contributed by atoms with E-state index >= 15 is 0 Å². The summed E-state index contributed by atoms with van der Waals surface area (Å²) in [6, 6.07) is 2.23. The van der Waals surface area contributed by atoms with Gasteiger partial charge in [-0.3, -0.25) is 0 Å². The largest absolute Gasteiger partial charge is 0.392 e. The van der Waals surface area contributed by atoms with E-state index in [1.165, 1.54) is 32.1 Å². The van der Waals surface area contributed by atoms with Gasteiger partial charge in [0, 0.05) is 0 Å². The van der Waals surface area contributed by atoms with Crippen LogP contribution in [0.3, 0.4) is 0 Å². The molecule has 0 aliphatic heterocycles. The summed E-state index contributed by atoms with van der Waals surface area (Å²) in [5.74, 6) is 3.14. The maximum Gasteiger partial charge on any atom is 0.0720 e. The molecule has 2 nitrogen and oxygen atoms in total. The molecule has 1 unspecified atom stereocenters. The predicted octanol–water partition coefficient (Wildman–Crippen LogP) is 5.17. The molecule has 122 valence electrons. The van der Waals surface area contributed by atoms with Gasteiger partial charge < -0.3 is 5.11 Å². The van der Waals surface area contributed by atoms with E-state index in [1.807, 2.05) is 6.92 Å². The Bertz CT molecular complexity index is 322. The van der Waals surface area contributed by atoms with Crippen molar-refractivity contribution < 1.29 is 5.11 Å². The van der Waals surface area contributed by atoms with Crippen LogP contribution >= 0.6 is 0 Å². The highest BCUT2D eigenvalue weighted by Gasteiger charge is 2.31. The molecule has 1 aliphatic rings. The number of nitrogens with zero attached hydrogens (tertiary/aromatic N) is 1. The van der Waals surface area contributed by atoms with E-state index < -0.39 is 6.10 Å². The first-order valence-corrected chi connectivity index (χ1v) is 9.11. The minimum absolute atomic E-state index is 0.182.